The molecule has 1 N–H and O–H groups in total. The minimum atomic E-state index is -0.398. The number of nitrogens with zero attached hydrogens (tertiary/aromatic N) is 1. The molecule has 32 heavy (non-hydrogen) atoms. The number of imide groups is 1. The summed E-state index contributed by atoms with van der Waals surface area (Å²) in [7, 11) is 0. The van der Waals surface area contributed by atoms with Crippen LogP contribution in [0.15, 0.2) is 72.8 Å². The topological polar surface area (TPSA) is 66.5 Å². The lowest BCUT2D eigenvalue weighted by atomic mass is 10.0. The molecule has 1 aliphatic rings. The number of fused-ring (bicyclic) bond motifs is 1. The fraction of sp³-hybridized carbons (Fsp3) is 0.115. The Labute approximate surface area is 191 Å². The van der Waals surface area contributed by atoms with Crippen molar-refractivity contribution in [3.63, 3.8) is 0 Å². The Hall–Kier alpha value is -3.70. The fourth-order valence-electron chi connectivity index (χ4n) is 3.51. The summed E-state index contributed by atoms with van der Waals surface area (Å²) in [5.41, 5.74) is 3.60. The normalized spacial score (nSPS) is 13.2. The number of rotatable bonds is 5. The van der Waals surface area contributed by atoms with E-state index in [1.165, 1.54) is 17.7 Å². The second-order valence-corrected chi connectivity index (χ2v) is 8.21. The predicted molar refractivity (Wildman–Crippen MR) is 127 cm³/mol. The van der Waals surface area contributed by atoms with Gasteiger partial charge in [0.25, 0.3) is 11.8 Å². The number of carbonyl (C=O) groups is 3. The van der Waals surface area contributed by atoms with E-state index in [4.69, 9.17) is 11.6 Å². The molecular weight excluding hydrogens is 424 g/mol. The number of benzene rings is 3. The zero-order valence-corrected chi connectivity index (χ0v) is 18.4. The van der Waals surface area contributed by atoms with E-state index in [1.54, 1.807) is 42.5 Å². The third-order valence-corrected chi connectivity index (χ3v) is 5.61. The van der Waals surface area contributed by atoms with E-state index >= 15 is 0 Å². The highest BCUT2D eigenvalue weighted by atomic mass is 35.5. The standard InChI is InChI=1S/C26H21ClN2O3/c1-16(2)18-10-7-17(8-11-18)9-14-24(30)28-23-13-12-19(15-22(23)27)29-25(31)20-5-3-4-6-21(20)26(29)32/h3-16H,1-2H3,(H,28,30)/b14-9+. The van der Waals surface area contributed by atoms with Gasteiger partial charge in [0.15, 0.2) is 0 Å². The summed E-state index contributed by atoms with van der Waals surface area (Å²) in [6.45, 7) is 4.25. The number of anilines is 2. The van der Waals surface area contributed by atoms with Crippen molar-refractivity contribution in [3.8, 4) is 0 Å². The summed E-state index contributed by atoms with van der Waals surface area (Å²) in [5.74, 6) is -0.690. The molecule has 6 heteroatoms. The molecule has 4 rings (SSSR count). The van der Waals surface area contributed by atoms with Crippen LogP contribution in [0.5, 0.6) is 0 Å². The van der Waals surface area contributed by atoms with Crippen LogP contribution in [0.25, 0.3) is 6.08 Å². The lowest BCUT2D eigenvalue weighted by molar-refractivity contribution is -0.111. The lowest BCUT2D eigenvalue weighted by Crippen LogP contribution is -2.29. The molecule has 0 bridgehead atoms. The molecule has 0 radical (unpaired) electrons. The van der Waals surface area contributed by atoms with Gasteiger partial charge in [-0.3, -0.25) is 14.4 Å². The summed E-state index contributed by atoms with van der Waals surface area (Å²) in [6, 6.07) is 19.3. The number of hydrogen-bond acceptors (Lipinski definition) is 3. The number of amides is 3. The first-order chi connectivity index (χ1) is 15.3. The van der Waals surface area contributed by atoms with E-state index in [-0.39, 0.29) is 10.9 Å². The van der Waals surface area contributed by atoms with Crippen LogP contribution in [0.2, 0.25) is 5.02 Å². The van der Waals surface area contributed by atoms with Crippen LogP contribution >= 0.6 is 11.6 Å². The highest BCUT2D eigenvalue weighted by Gasteiger charge is 2.36. The van der Waals surface area contributed by atoms with Gasteiger partial charge in [0.05, 0.1) is 27.5 Å². The quantitative estimate of drug-likeness (QED) is 0.392. The van der Waals surface area contributed by atoms with Crippen LogP contribution in [-0.4, -0.2) is 17.7 Å². The Morgan fingerprint density at radius 2 is 1.56 bits per heavy atom. The average Bonchev–Trinajstić information content (AvgIpc) is 3.04. The number of carbonyl (C=O) groups excluding carboxylic acids is 3. The molecule has 3 amide bonds. The van der Waals surface area contributed by atoms with Crippen LogP contribution in [0, 0.1) is 0 Å². The minimum absolute atomic E-state index is 0.224. The Morgan fingerprint density at radius 1 is 0.938 bits per heavy atom. The molecule has 160 valence electrons. The second-order valence-electron chi connectivity index (χ2n) is 7.80. The van der Waals surface area contributed by atoms with Gasteiger partial charge in [-0.2, -0.15) is 0 Å². The molecule has 0 aliphatic carbocycles. The van der Waals surface area contributed by atoms with Gasteiger partial charge in [-0.25, -0.2) is 4.90 Å². The molecule has 0 fully saturated rings. The van der Waals surface area contributed by atoms with Gasteiger partial charge in [0.1, 0.15) is 0 Å². The van der Waals surface area contributed by atoms with Crippen molar-refractivity contribution < 1.29 is 14.4 Å². The first kappa shape index (κ1) is 21.5. The van der Waals surface area contributed by atoms with Crippen LogP contribution in [0.3, 0.4) is 0 Å². The van der Waals surface area contributed by atoms with Gasteiger partial charge in [-0.15, -0.1) is 0 Å². The van der Waals surface area contributed by atoms with Crippen LogP contribution in [0.4, 0.5) is 11.4 Å². The van der Waals surface area contributed by atoms with Crippen LogP contribution in [0.1, 0.15) is 51.6 Å². The molecule has 1 heterocycles. The summed E-state index contributed by atoms with van der Waals surface area (Å²) < 4.78 is 0. The van der Waals surface area contributed by atoms with Gasteiger partial charge in [0, 0.05) is 6.08 Å². The monoisotopic (exact) mass is 444 g/mol. The smallest absolute Gasteiger partial charge is 0.266 e. The molecule has 0 aromatic heterocycles. The summed E-state index contributed by atoms with van der Waals surface area (Å²) in [6.07, 6.45) is 3.15. The molecule has 0 saturated carbocycles. The van der Waals surface area contributed by atoms with Gasteiger partial charge in [-0.1, -0.05) is 61.8 Å². The maximum absolute atomic E-state index is 12.6. The zero-order valence-electron chi connectivity index (χ0n) is 17.6. The van der Waals surface area contributed by atoms with Gasteiger partial charge < -0.3 is 5.32 Å². The SMILES string of the molecule is CC(C)c1ccc(/C=C/C(=O)Nc2ccc(N3C(=O)c4ccccc4C3=O)cc2Cl)cc1. The summed E-state index contributed by atoms with van der Waals surface area (Å²) in [4.78, 5) is 38.7. The number of hydrogen-bond donors (Lipinski definition) is 1. The Bertz CT molecular complexity index is 1210. The summed E-state index contributed by atoms with van der Waals surface area (Å²) in [5, 5.41) is 2.95. The van der Waals surface area contributed by atoms with E-state index < -0.39 is 11.8 Å². The number of nitrogens with one attached hydrogen (secondary N) is 1. The van der Waals surface area contributed by atoms with Crippen molar-refractivity contribution in [3.05, 3.63) is 100 Å². The van der Waals surface area contributed by atoms with Crippen LogP contribution in [-0.2, 0) is 4.79 Å². The third-order valence-electron chi connectivity index (χ3n) is 5.29. The van der Waals surface area contributed by atoms with Crippen molar-refractivity contribution in [2.24, 2.45) is 0 Å². The minimum Gasteiger partial charge on any atom is -0.321 e. The lowest BCUT2D eigenvalue weighted by Gasteiger charge is -2.15. The molecule has 0 atom stereocenters. The third kappa shape index (κ3) is 4.20. The van der Waals surface area contributed by atoms with Crippen molar-refractivity contribution in [1.29, 1.82) is 0 Å². The Morgan fingerprint density at radius 3 is 2.12 bits per heavy atom. The first-order valence-electron chi connectivity index (χ1n) is 10.2. The number of halogens is 1. The van der Waals surface area contributed by atoms with E-state index in [9.17, 15) is 14.4 Å². The average molecular weight is 445 g/mol. The molecule has 0 spiro atoms. The molecule has 5 nitrogen and oxygen atoms in total. The maximum atomic E-state index is 12.6. The fourth-order valence-corrected chi connectivity index (χ4v) is 3.73. The molecule has 0 saturated heterocycles. The highest BCUT2D eigenvalue weighted by Crippen LogP contribution is 2.32. The van der Waals surface area contributed by atoms with Crippen LogP contribution < -0.4 is 10.2 Å². The predicted octanol–water partition coefficient (Wildman–Crippen LogP) is 5.92. The van der Waals surface area contributed by atoms with E-state index in [0.29, 0.717) is 28.4 Å². The van der Waals surface area contributed by atoms with E-state index in [0.717, 1.165) is 10.5 Å². The van der Waals surface area contributed by atoms with Gasteiger partial charge >= 0.3 is 0 Å². The zero-order chi connectivity index (χ0) is 22.8. The van der Waals surface area contributed by atoms with Crippen molar-refractivity contribution >= 4 is 46.8 Å². The first-order valence-corrected chi connectivity index (χ1v) is 10.6. The van der Waals surface area contributed by atoms with Crippen molar-refractivity contribution in [2.45, 2.75) is 19.8 Å². The Kier molecular flexibility index (Phi) is 5.93. The van der Waals surface area contributed by atoms with Gasteiger partial charge in [-0.05, 0) is 53.5 Å². The largest absolute Gasteiger partial charge is 0.321 e. The Balaban J connectivity index is 1.46. The molecule has 3 aromatic carbocycles. The van der Waals surface area contributed by atoms with E-state index in [2.05, 4.69) is 19.2 Å². The molecular formula is C26H21ClN2O3. The molecule has 1 aliphatic heterocycles. The van der Waals surface area contributed by atoms with Gasteiger partial charge in [0.2, 0.25) is 5.91 Å². The highest BCUT2D eigenvalue weighted by molar-refractivity contribution is 6.36. The molecule has 3 aromatic rings. The molecule has 0 unspecified atom stereocenters. The van der Waals surface area contributed by atoms with E-state index in [1.807, 2.05) is 24.3 Å². The summed E-state index contributed by atoms with van der Waals surface area (Å²) >= 11 is 6.33. The van der Waals surface area contributed by atoms with Crippen molar-refractivity contribution in [1.82, 2.24) is 0 Å². The second kappa shape index (κ2) is 8.81. The maximum Gasteiger partial charge on any atom is 0.266 e. The van der Waals surface area contributed by atoms with Crippen molar-refractivity contribution in [2.75, 3.05) is 10.2 Å².